The second-order valence-electron chi connectivity index (χ2n) is 16.3. The first kappa shape index (κ1) is 30.2. The highest BCUT2D eigenvalue weighted by Crippen LogP contribution is 2.49. The molecule has 270 valence electrons. The minimum atomic E-state index is 1.00. The van der Waals surface area contributed by atoms with E-state index in [1.165, 1.54) is 120 Å². The lowest BCUT2D eigenvalue weighted by Crippen LogP contribution is -1.93. The van der Waals surface area contributed by atoms with Crippen LogP contribution in [0.3, 0.4) is 0 Å². The summed E-state index contributed by atoms with van der Waals surface area (Å²) >= 11 is 0. The first-order valence-corrected chi connectivity index (χ1v) is 20.4. The van der Waals surface area contributed by atoms with Gasteiger partial charge in [0, 0.05) is 70.5 Å². The summed E-state index contributed by atoms with van der Waals surface area (Å²) in [5.41, 5.74) is 13.1. The minimum Gasteiger partial charge on any atom is -0.309 e. The molecule has 0 bridgehead atoms. The number of aromatic nitrogens is 4. The molecule has 0 radical (unpaired) electrons. The Morgan fingerprint density at radius 2 is 0.966 bits per heavy atom. The van der Waals surface area contributed by atoms with Crippen molar-refractivity contribution in [1.29, 1.82) is 0 Å². The normalized spacial score (nSPS) is 12.7. The van der Waals surface area contributed by atoms with E-state index in [1.807, 2.05) is 0 Å². The van der Waals surface area contributed by atoms with Crippen LogP contribution in [-0.4, -0.2) is 18.4 Å². The zero-order valence-corrected chi connectivity index (χ0v) is 31.6. The zero-order valence-electron chi connectivity index (χ0n) is 31.6. The number of pyridine rings is 1. The Bertz CT molecular complexity index is 4300. The van der Waals surface area contributed by atoms with Crippen LogP contribution in [0.5, 0.6) is 0 Å². The topological polar surface area (TPSA) is 26.6 Å². The van der Waals surface area contributed by atoms with Crippen LogP contribution in [0, 0.1) is 0 Å². The summed E-state index contributed by atoms with van der Waals surface area (Å²) in [6, 6.07) is 64.9. The van der Waals surface area contributed by atoms with Crippen molar-refractivity contribution < 1.29 is 0 Å². The summed E-state index contributed by atoms with van der Waals surface area (Å²) < 4.78 is 7.39. The molecule has 4 nitrogen and oxygen atoms in total. The van der Waals surface area contributed by atoms with Gasteiger partial charge in [-0.2, -0.15) is 0 Å². The van der Waals surface area contributed by atoms with Gasteiger partial charge in [-0.15, -0.1) is 0 Å². The summed E-state index contributed by atoms with van der Waals surface area (Å²) in [4.78, 5) is 5.51. The molecule has 0 aliphatic heterocycles. The molecule has 0 aliphatic carbocycles. The van der Waals surface area contributed by atoms with Gasteiger partial charge in [-0.05, 0) is 58.1 Å². The number of hydrogen-bond acceptors (Lipinski definition) is 1. The Morgan fingerprint density at radius 3 is 1.83 bits per heavy atom. The van der Waals surface area contributed by atoms with Crippen molar-refractivity contribution in [2.75, 3.05) is 0 Å². The summed E-state index contributed by atoms with van der Waals surface area (Å²) in [6.07, 6.45) is 2.14. The van der Waals surface area contributed by atoms with E-state index in [-0.39, 0.29) is 0 Å². The van der Waals surface area contributed by atoms with Gasteiger partial charge in [0.15, 0.2) is 0 Å². The molecule has 0 saturated carbocycles. The number of hydrogen-bond donors (Lipinski definition) is 0. The van der Waals surface area contributed by atoms with E-state index in [1.54, 1.807) is 0 Å². The quantitative estimate of drug-likeness (QED) is 0.173. The third-order valence-corrected chi connectivity index (χ3v) is 13.5. The summed E-state index contributed by atoms with van der Waals surface area (Å²) in [6.45, 7) is 0. The van der Waals surface area contributed by atoms with E-state index in [4.69, 9.17) is 4.98 Å². The van der Waals surface area contributed by atoms with Gasteiger partial charge in [-0.3, -0.25) is 4.40 Å². The second kappa shape index (κ2) is 10.5. The largest absolute Gasteiger partial charge is 0.309 e. The number of rotatable bonds is 2. The van der Waals surface area contributed by atoms with Gasteiger partial charge in [0.05, 0.1) is 44.8 Å². The Kier molecular flexibility index (Phi) is 5.38. The Labute approximate surface area is 335 Å². The lowest BCUT2D eigenvalue weighted by Gasteiger charge is -2.11. The molecular weight excluding hydrogens is 717 g/mol. The second-order valence-corrected chi connectivity index (χ2v) is 16.3. The molecule has 0 N–H and O–H groups in total. The third kappa shape index (κ3) is 3.56. The van der Waals surface area contributed by atoms with Gasteiger partial charge in [0.2, 0.25) is 0 Å². The Morgan fingerprint density at radius 1 is 0.339 bits per heavy atom. The van der Waals surface area contributed by atoms with E-state index in [0.717, 1.165) is 16.9 Å². The molecule has 0 fully saturated rings. The van der Waals surface area contributed by atoms with Gasteiger partial charge < -0.3 is 8.97 Å². The highest BCUT2D eigenvalue weighted by molar-refractivity contribution is 6.37. The molecule has 0 saturated heterocycles. The van der Waals surface area contributed by atoms with E-state index in [2.05, 4.69) is 195 Å². The average molecular weight is 747 g/mol. The SMILES string of the molecule is c1ccc(-n2c3ccccc3c3cc(-c4cc5ccccc5c5c6cccc7c8c9c%10cccc%11c%12ccc%13ccccc%13c%12n(c9cnc8n(c45)c76)c%11%10)ccc32)cc1. The Balaban J connectivity index is 1.11. The maximum Gasteiger partial charge on any atom is 0.146 e. The van der Waals surface area contributed by atoms with E-state index in [9.17, 15) is 0 Å². The molecule has 9 aromatic carbocycles. The molecule has 0 unspecified atom stereocenters. The summed E-state index contributed by atoms with van der Waals surface area (Å²) in [5, 5.41) is 17.6. The average Bonchev–Trinajstić information content (AvgIpc) is 4.09. The maximum atomic E-state index is 5.51. The lowest BCUT2D eigenvalue weighted by atomic mass is 9.94. The van der Waals surface area contributed by atoms with Gasteiger partial charge >= 0.3 is 0 Å². The van der Waals surface area contributed by atoms with Crippen LogP contribution >= 0.6 is 0 Å². The van der Waals surface area contributed by atoms with Gasteiger partial charge in [-0.1, -0.05) is 140 Å². The number of fused-ring (bicyclic) bond motifs is 20. The van der Waals surface area contributed by atoms with Crippen molar-refractivity contribution in [2.45, 2.75) is 0 Å². The first-order chi connectivity index (χ1) is 29.3. The minimum absolute atomic E-state index is 1.00. The molecule has 0 atom stereocenters. The Hall–Kier alpha value is -7.95. The molecule has 15 rings (SSSR count). The first-order valence-electron chi connectivity index (χ1n) is 20.4. The van der Waals surface area contributed by atoms with Crippen molar-refractivity contribution in [1.82, 2.24) is 18.4 Å². The maximum absolute atomic E-state index is 5.51. The molecule has 59 heavy (non-hydrogen) atoms. The fraction of sp³-hybridized carbons (Fsp3) is 0. The van der Waals surface area contributed by atoms with Crippen molar-refractivity contribution in [3.8, 4) is 16.8 Å². The van der Waals surface area contributed by atoms with Crippen molar-refractivity contribution >= 4 is 120 Å². The van der Waals surface area contributed by atoms with Crippen LogP contribution < -0.4 is 0 Å². The summed E-state index contributed by atoms with van der Waals surface area (Å²) in [5.74, 6) is 0. The van der Waals surface area contributed by atoms with Crippen LogP contribution in [0.2, 0.25) is 0 Å². The number of nitrogens with zero attached hydrogens (tertiary/aromatic N) is 4. The molecule has 6 aromatic heterocycles. The van der Waals surface area contributed by atoms with Crippen LogP contribution in [-0.2, 0) is 0 Å². The molecule has 15 aromatic rings. The summed E-state index contributed by atoms with van der Waals surface area (Å²) in [7, 11) is 0. The highest BCUT2D eigenvalue weighted by atomic mass is 15.0. The fourth-order valence-corrected chi connectivity index (χ4v) is 11.2. The fourth-order valence-electron chi connectivity index (χ4n) is 11.2. The smallest absolute Gasteiger partial charge is 0.146 e. The number of benzene rings is 9. The number of para-hydroxylation sites is 4. The van der Waals surface area contributed by atoms with Crippen molar-refractivity contribution in [3.05, 3.63) is 182 Å². The molecule has 0 spiro atoms. The van der Waals surface area contributed by atoms with Crippen molar-refractivity contribution in [2.24, 2.45) is 0 Å². The molecular formula is C55H30N4. The van der Waals surface area contributed by atoms with E-state index in [0.29, 0.717) is 0 Å². The monoisotopic (exact) mass is 746 g/mol. The highest BCUT2D eigenvalue weighted by Gasteiger charge is 2.27. The van der Waals surface area contributed by atoms with E-state index >= 15 is 0 Å². The third-order valence-electron chi connectivity index (χ3n) is 13.5. The van der Waals surface area contributed by atoms with Crippen LogP contribution in [0.25, 0.3) is 136 Å². The van der Waals surface area contributed by atoms with Gasteiger partial charge in [-0.25, -0.2) is 4.98 Å². The van der Waals surface area contributed by atoms with Gasteiger partial charge in [0.1, 0.15) is 5.65 Å². The molecule has 0 aliphatic rings. The molecule has 6 heterocycles. The van der Waals surface area contributed by atoms with E-state index < -0.39 is 0 Å². The van der Waals surface area contributed by atoms with Gasteiger partial charge in [0.25, 0.3) is 0 Å². The predicted octanol–water partition coefficient (Wildman–Crippen LogP) is 14.5. The van der Waals surface area contributed by atoms with Crippen LogP contribution in [0.4, 0.5) is 0 Å². The van der Waals surface area contributed by atoms with Crippen LogP contribution in [0.1, 0.15) is 0 Å². The lowest BCUT2D eigenvalue weighted by molar-refractivity contribution is 1.18. The van der Waals surface area contributed by atoms with Crippen LogP contribution in [0.15, 0.2) is 182 Å². The standard InChI is InChI=1S/C55H30N4/c1-2-14-34(15-3-1)57-45-23-9-8-18-37(45)44-29-33(25-27-46(44)57)43-28-32-13-5-6-16-35(32)48-40-20-11-22-42-50-49-41-21-10-19-38-39-26-24-31-12-4-7-17-36(31)51(39)58(52(38)41)47(49)30-56-55(50)59(53(40)42)54(43)48/h1-30H. The molecule has 4 heteroatoms. The van der Waals surface area contributed by atoms with Crippen molar-refractivity contribution in [3.63, 3.8) is 0 Å². The predicted molar refractivity (Wildman–Crippen MR) is 248 cm³/mol. The zero-order chi connectivity index (χ0) is 38.1. The molecule has 0 amide bonds.